The lowest BCUT2D eigenvalue weighted by atomic mass is 9.81. The van der Waals surface area contributed by atoms with Crippen molar-refractivity contribution in [2.75, 3.05) is 38.0 Å². The molecule has 2 amide bonds. The van der Waals surface area contributed by atoms with E-state index in [4.69, 9.17) is 14.5 Å². The molecule has 0 saturated heterocycles. The predicted molar refractivity (Wildman–Crippen MR) is 171 cm³/mol. The predicted octanol–water partition coefficient (Wildman–Crippen LogP) is 5.13. The molecular formula is C34H40N6O4. The molecule has 0 radical (unpaired) electrons. The molecular weight excluding hydrogens is 556 g/mol. The maximum Gasteiger partial charge on any atom is 0.247 e. The lowest BCUT2D eigenvalue weighted by Gasteiger charge is -2.27. The third-order valence-electron chi connectivity index (χ3n) is 9.23. The fourth-order valence-electron chi connectivity index (χ4n) is 6.83. The second kappa shape index (κ2) is 12.2. The van der Waals surface area contributed by atoms with Crippen LogP contribution in [0.3, 0.4) is 0 Å². The monoisotopic (exact) mass is 596 g/mol. The molecule has 6 rings (SSSR count). The Bertz CT molecular complexity index is 1710. The number of aryl methyl sites for hydroxylation is 1. The van der Waals surface area contributed by atoms with Gasteiger partial charge in [-0.1, -0.05) is 12.1 Å². The molecule has 0 bridgehead atoms. The third kappa shape index (κ3) is 5.44. The van der Waals surface area contributed by atoms with Crippen molar-refractivity contribution in [2.24, 2.45) is 5.92 Å². The van der Waals surface area contributed by atoms with E-state index in [-0.39, 0.29) is 17.9 Å². The zero-order chi connectivity index (χ0) is 31.0. The smallest absolute Gasteiger partial charge is 0.247 e. The summed E-state index contributed by atoms with van der Waals surface area (Å²) >= 11 is 0. The largest absolute Gasteiger partial charge is 0.496 e. The molecule has 10 heteroatoms. The molecule has 230 valence electrons. The Labute approximate surface area is 257 Å². The minimum absolute atomic E-state index is 0.0251. The Balaban J connectivity index is 1.25. The quantitative estimate of drug-likeness (QED) is 0.290. The summed E-state index contributed by atoms with van der Waals surface area (Å²) in [7, 11) is 5.20. The minimum atomic E-state index is -0.368. The van der Waals surface area contributed by atoms with E-state index >= 15 is 0 Å². The van der Waals surface area contributed by atoms with Crippen molar-refractivity contribution in [2.45, 2.75) is 57.9 Å². The van der Waals surface area contributed by atoms with Crippen LogP contribution in [0.5, 0.6) is 11.5 Å². The summed E-state index contributed by atoms with van der Waals surface area (Å²) in [6, 6.07) is 11.3. The number of fused-ring (bicyclic) bond motifs is 2. The highest BCUT2D eigenvalue weighted by Gasteiger charge is 2.34. The van der Waals surface area contributed by atoms with Crippen LogP contribution in [0.1, 0.15) is 55.6 Å². The lowest BCUT2D eigenvalue weighted by Crippen LogP contribution is -2.39. The van der Waals surface area contributed by atoms with Crippen LogP contribution in [-0.4, -0.2) is 60.0 Å². The van der Waals surface area contributed by atoms with Crippen molar-refractivity contribution in [1.29, 1.82) is 0 Å². The molecule has 1 fully saturated rings. The number of amides is 2. The highest BCUT2D eigenvalue weighted by Crippen LogP contribution is 2.40. The van der Waals surface area contributed by atoms with Crippen LogP contribution in [0.15, 0.2) is 48.8 Å². The first-order valence-electron chi connectivity index (χ1n) is 15.2. The Morgan fingerprint density at radius 1 is 1.05 bits per heavy atom. The number of hydrogen-bond acceptors (Lipinski definition) is 7. The van der Waals surface area contributed by atoms with Gasteiger partial charge in [0.25, 0.3) is 0 Å². The van der Waals surface area contributed by atoms with E-state index < -0.39 is 0 Å². The number of methoxy groups -OCH3 is 2. The highest BCUT2D eigenvalue weighted by atomic mass is 16.5. The summed E-state index contributed by atoms with van der Waals surface area (Å²) in [6.45, 7) is 4.31. The number of nitrogens with one attached hydrogen (secondary N) is 2. The molecule has 1 aliphatic carbocycles. The van der Waals surface area contributed by atoms with Crippen molar-refractivity contribution < 1.29 is 19.1 Å². The van der Waals surface area contributed by atoms with Gasteiger partial charge in [0.15, 0.2) is 0 Å². The second-order valence-electron chi connectivity index (χ2n) is 11.9. The molecule has 10 nitrogen and oxygen atoms in total. The Hall–Kier alpha value is -4.60. The number of anilines is 2. The van der Waals surface area contributed by atoms with Crippen LogP contribution in [0.4, 0.5) is 11.4 Å². The summed E-state index contributed by atoms with van der Waals surface area (Å²) < 4.78 is 13.5. The standard InChI is InChI=1S/C34H40N6O4/c1-20-32-31(38-33(40(32)16-15-35-20)23-11-9-22(10-12-23)19-36-21(2)41)24-13-14-26(30(17-24)44-5)37-34(42)28-18-25-27(39(28)3)7-6-8-29(25)43-4/h6-8,13-17,22-23,28H,9-12,18-19H2,1-5H3,(H,36,41)(H,37,42)/t22-,23-,28?. The molecule has 1 unspecified atom stereocenters. The van der Waals surface area contributed by atoms with Crippen LogP contribution in [0.2, 0.25) is 0 Å². The van der Waals surface area contributed by atoms with E-state index in [1.54, 1.807) is 21.1 Å². The van der Waals surface area contributed by atoms with E-state index in [1.807, 2.05) is 67.7 Å². The van der Waals surface area contributed by atoms with Gasteiger partial charge in [-0.25, -0.2) is 4.98 Å². The molecule has 2 aromatic carbocycles. The number of hydrogen-bond donors (Lipinski definition) is 2. The summed E-state index contributed by atoms with van der Waals surface area (Å²) in [5, 5.41) is 6.07. The van der Waals surface area contributed by atoms with Gasteiger partial charge in [0.2, 0.25) is 11.8 Å². The first-order chi connectivity index (χ1) is 21.3. The van der Waals surface area contributed by atoms with Crippen molar-refractivity contribution in [3.63, 3.8) is 0 Å². The number of imidazole rings is 1. The van der Waals surface area contributed by atoms with Crippen molar-refractivity contribution in [1.82, 2.24) is 19.7 Å². The fourth-order valence-corrected chi connectivity index (χ4v) is 6.83. The van der Waals surface area contributed by atoms with Crippen molar-refractivity contribution >= 4 is 28.7 Å². The number of rotatable bonds is 8. The zero-order valence-corrected chi connectivity index (χ0v) is 26.0. The van der Waals surface area contributed by atoms with E-state index in [0.717, 1.165) is 77.5 Å². The number of benzene rings is 2. The van der Waals surface area contributed by atoms with E-state index in [9.17, 15) is 9.59 Å². The van der Waals surface area contributed by atoms with Gasteiger partial charge in [-0.15, -0.1) is 0 Å². The van der Waals surface area contributed by atoms with Crippen LogP contribution < -0.4 is 25.0 Å². The summed E-state index contributed by atoms with van der Waals surface area (Å²) in [4.78, 5) is 36.7. The van der Waals surface area contributed by atoms with E-state index in [1.165, 1.54) is 0 Å². The van der Waals surface area contributed by atoms with Gasteiger partial charge in [-0.05, 0) is 62.8 Å². The van der Waals surface area contributed by atoms with Crippen molar-refractivity contribution in [3.8, 4) is 22.8 Å². The number of carbonyl (C=O) groups excluding carboxylic acids is 2. The maximum atomic E-state index is 13.5. The van der Waals surface area contributed by atoms with Gasteiger partial charge in [0.05, 0.1) is 36.8 Å². The fraction of sp³-hybridized carbons (Fsp3) is 0.412. The van der Waals surface area contributed by atoms with Gasteiger partial charge < -0.3 is 25.0 Å². The molecule has 2 aliphatic rings. The lowest BCUT2D eigenvalue weighted by molar-refractivity contribution is -0.119. The average molecular weight is 597 g/mol. The second-order valence-corrected chi connectivity index (χ2v) is 11.9. The highest BCUT2D eigenvalue weighted by molar-refractivity contribution is 6.00. The number of nitrogens with zero attached hydrogens (tertiary/aromatic N) is 4. The number of ether oxygens (including phenoxy) is 2. The Morgan fingerprint density at radius 2 is 1.82 bits per heavy atom. The van der Waals surface area contributed by atoms with Crippen molar-refractivity contribution in [3.05, 3.63) is 65.9 Å². The van der Waals surface area contributed by atoms with Gasteiger partial charge >= 0.3 is 0 Å². The summed E-state index contributed by atoms with van der Waals surface area (Å²) in [6.07, 6.45) is 8.52. The molecule has 1 saturated carbocycles. The Kier molecular flexibility index (Phi) is 8.16. The van der Waals surface area contributed by atoms with Gasteiger partial charge in [0.1, 0.15) is 23.4 Å². The van der Waals surface area contributed by atoms with E-state index in [0.29, 0.717) is 29.7 Å². The van der Waals surface area contributed by atoms with Gasteiger partial charge in [-0.2, -0.15) is 0 Å². The van der Waals surface area contributed by atoms with Gasteiger partial charge in [-0.3, -0.25) is 19.0 Å². The maximum absolute atomic E-state index is 13.5. The summed E-state index contributed by atoms with van der Waals surface area (Å²) in [5.74, 6) is 3.12. The summed E-state index contributed by atoms with van der Waals surface area (Å²) in [5.41, 5.74) is 6.26. The molecule has 1 aliphatic heterocycles. The van der Waals surface area contributed by atoms with Gasteiger partial charge in [0, 0.05) is 62.1 Å². The first kappa shape index (κ1) is 29.5. The molecule has 3 heterocycles. The zero-order valence-electron chi connectivity index (χ0n) is 26.0. The number of likely N-dealkylation sites (N-methyl/N-ethyl adjacent to an activating group) is 1. The van der Waals surface area contributed by atoms with Crippen LogP contribution in [-0.2, 0) is 16.0 Å². The molecule has 44 heavy (non-hydrogen) atoms. The minimum Gasteiger partial charge on any atom is -0.496 e. The molecule has 0 spiro atoms. The normalized spacial score (nSPS) is 19.5. The molecule has 2 aromatic heterocycles. The first-order valence-corrected chi connectivity index (χ1v) is 15.2. The number of aromatic nitrogens is 3. The molecule has 2 N–H and O–H groups in total. The third-order valence-corrected chi connectivity index (χ3v) is 9.23. The Morgan fingerprint density at radius 3 is 2.55 bits per heavy atom. The SMILES string of the molecule is COc1cc(-c2nc([C@H]3CC[C@H](CNC(C)=O)CC3)n3ccnc(C)c23)ccc1NC(=O)C1Cc2c(OC)cccc2N1C. The van der Waals surface area contributed by atoms with Crippen LogP contribution in [0, 0.1) is 12.8 Å². The van der Waals surface area contributed by atoms with E-state index in [2.05, 4.69) is 20.0 Å². The average Bonchev–Trinajstić information content (AvgIpc) is 3.59. The molecule has 1 atom stereocenters. The van der Waals surface area contributed by atoms with Crippen LogP contribution >= 0.6 is 0 Å². The van der Waals surface area contributed by atoms with Crippen LogP contribution in [0.25, 0.3) is 16.8 Å². The molecule has 4 aromatic rings. The number of carbonyl (C=O) groups is 2. The topological polar surface area (TPSA) is 110 Å².